The molecule has 1 fully saturated rings. The zero-order valence-corrected chi connectivity index (χ0v) is 11.7. The quantitative estimate of drug-likeness (QED) is 0.789. The molecule has 1 amide bonds. The minimum absolute atomic E-state index is 0.0674. The Morgan fingerprint density at radius 1 is 1.56 bits per heavy atom. The molecule has 1 saturated heterocycles. The highest BCUT2D eigenvalue weighted by Gasteiger charge is 2.32. The van der Waals surface area contributed by atoms with Crippen molar-refractivity contribution in [1.29, 1.82) is 0 Å². The van der Waals surface area contributed by atoms with Gasteiger partial charge in [-0.05, 0) is 31.6 Å². The van der Waals surface area contributed by atoms with Gasteiger partial charge >= 0.3 is 0 Å². The van der Waals surface area contributed by atoms with Crippen LogP contribution in [0.1, 0.15) is 39.5 Å². The molecule has 0 bridgehead atoms. The summed E-state index contributed by atoms with van der Waals surface area (Å²) in [6.07, 6.45) is 3.91. The van der Waals surface area contributed by atoms with Gasteiger partial charge in [0.15, 0.2) is 0 Å². The first kappa shape index (κ1) is 14.0. The van der Waals surface area contributed by atoms with Gasteiger partial charge < -0.3 is 10.0 Å². The van der Waals surface area contributed by atoms with Crippen molar-refractivity contribution in [2.45, 2.75) is 50.4 Å². The van der Waals surface area contributed by atoms with E-state index in [1.165, 1.54) is 0 Å². The Bertz CT molecular complexity index is 233. The monoisotopic (exact) mass is 291 g/mol. The van der Waals surface area contributed by atoms with Gasteiger partial charge in [0.1, 0.15) is 0 Å². The van der Waals surface area contributed by atoms with E-state index in [1.54, 1.807) is 0 Å². The van der Waals surface area contributed by atoms with Crippen LogP contribution in [0.5, 0.6) is 0 Å². The molecule has 1 heterocycles. The lowest BCUT2D eigenvalue weighted by molar-refractivity contribution is -0.132. The lowest BCUT2D eigenvalue weighted by Crippen LogP contribution is -2.41. The summed E-state index contributed by atoms with van der Waals surface area (Å²) in [4.78, 5) is 14.1. The average Bonchev–Trinajstić information content (AvgIpc) is 2.72. The fraction of sp³-hybridized carbons (Fsp3) is 0.917. The molecular formula is C12H22BrNO2. The highest BCUT2D eigenvalue weighted by Crippen LogP contribution is 2.25. The highest BCUT2D eigenvalue weighted by atomic mass is 79.9. The van der Waals surface area contributed by atoms with E-state index in [4.69, 9.17) is 5.11 Å². The molecule has 2 atom stereocenters. The van der Waals surface area contributed by atoms with Crippen LogP contribution >= 0.6 is 15.9 Å². The van der Waals surface area contributed by atoms with Crippen LogP contribution in [0.4, 0.5) is 0 Å². The predicted molar refractivity (Wildman–Crippen MR) is 68.6 cm³/mol. The summed E-state index contributed by atoms with van der Waals surface area (Å²) < 4.78 is 0. The average molecular weight is 292 g/mol. The maximum atomic E-state index is 12.2. The van der Waals surface area contributed by atoms with Crippen LogP contribution in [-0.4, -0.2) is 39.9 Å². The zero-order chi connectivity index (χ0) is 12.1. The summed E-state index contributed by atoms with van der Waals surface area (Å²) in [5.74, 6) is 0.544. The van der Waals surface area contributed by atoms with Crippen molar-refractivity contribution in [3.8, 4) is 0 Å². The Kier molecular flexibility index (Phi) is 5.76. The number of rotatable bonds is 5. The van der Waals surface area contributed by atoms with Crippen LogP contribution in [0.3, 0.4) is 0 Å². The minimum Gasteiger partial charge on any atom is -0.396 e. The topological polar surface area (TPSA) is 40.5 Å². The number of alkyl halides is 1. The molecule has 1 aliphatic rings. The standard InChI is InChI=1S/C12H22BrNO2/c1-9(2)11(13)12(16)14-7-3-5-10(14)6-4-8-15/h9-11,15H,3-8H2,1-2H3. The molecule has 0 spiro atoms. The number of hydrogen-bond acceptors (Lipinski definition) is 2. The van der Waals surface area contributed by atoms with Gasteiger partial charge in [0.05, 0.1) is 4.83 Å². The number of aliphatic hydroxyl groups is 1. The van der Waals surface area contributed by atoms with Crippen LogP contribution in [-0.2, 0) is 4.79 Å². The number of amides is 1. The lowest BCUT2D eigenvalue weighted by Gasteiger charge is -2.28. The molecule has 1 N–H and O–H groups in total. The van der Waals surface area contributed by atoms with Gasteiger partial charge in [-0.2, -0.15) is 0 Å². The fourth-order valence-corrected chi connectivity index (χ4v) is 2.46. The molecule has 1 rings (SSSR count). The molecule has 3 nitrogen and oxygen atoms in total. The third-order valence-electron chi connectivity index (χ3n) is 3.18. The molecule has 1 aliphatic heterocycles. The summed E-state index contributed by atoms with van der Waals surface area (Å²) >= 11 is 3.47. The largest absolute Gasteiger partial charge is 0.396 e. The second kappa shape index (κ2) is 6.60. The van der Waals surface area contributed by atoms with Crippen LogP contribution in [0.2, 0.25) is 0 Å². The van der Waals surface area contributed by atoms with Gasteiger partial charge in [-0.1, -0.05) is 29.8 Å². The summed E-state index contributed by atoms with van der Waals surface area (Å²) in [5.41, 5.74) is 0. The Balaban J connectivity index is 2.53. The third-order valence-corrected chi connectivity index (χ3v) is 4.63. The summed E-state index contributed by atoms with van der Waals surface area (Å²) in [5, 5.41) is 8.84. The Hall–Kier alpha value is -0.0900. The van der Waals surface area contributed by atoms with E-state index in [-0.39, 0.29) is 17.3 Å². The van der Waals surface area contributed by atoms with Crippen molar-refractivity contribution in [2.75, 3.05) is 13.2 Å². The predicted octanol–water partition coefficient (Wildman–Crippen LogP) is 2.17. The van der Waals surface area contributed by atoms with Crippen molar-refractivity contribution < 1.29 is 9.90 Å². The zero-order valence-electron chi connectivity index (χ0n) is 10.2. The van der Waals surface area contributed by atoms with Crippen molar-refractivity contribution in [1.82, 2.24) is 4.90 Å². The molecule has 0 saturated carbocycles. The van der Waals surface area contributed by atoms with Crippen LogP contribution < -0.4 is 0 Å². The van der Waals surface area contributed by atoms with Gasteiger partial charge in [-0.3, -0.25) is 4.79 Å². The minimum atomic E-state index is -0.0674. The van der Waals surface area contributed by atoms with Gasteiger partial charge in [0.2, 0.25) is 5.91 Å². The van der Waals surface area contributed by atoms with Crippen LogP contribution in [0, 0.1) is 5.92 Å². The molecular weight excluding hydrogens is 270 g/mol. The molecule has 4 heteroatoms. The molecule has 0 aromatic carbocycles. The lowest BCUT2D eigenvalue weighted by atomic mass is 10.1. The Morgan fingerprint density at radius 2 is 2.25 bits per heavy atom. The van der Waals surface area contributed by atoms with Gasteiger partial charge in [0, 0.05) is 19.2 Å². The van der Waals surface area contributed by atoms with E-state index < -0.39 is 0 Å². The van der Waals surface area contributed by atoms with E-state index in [0.717, 1.165) is 32.2 Å². The smallest absolute Gasteiger partial charge is 0.236 e. The first-order valence-corrected chi connectivity index (χ1v) is 7.05. The summed E-state index contributed by atoms with van der Waals surface area (Å²) in [6.45, 7) is 5.20. The SMILES string of the molecule is CC(C)C(Br)C(=O)N1CCCC1CCCO. The van der Waals surface area contributed by atoms with Crippen molar-refractivity contribution in [2.24, 2.45) is 5.92 Å². The normalized spacial score (nSPS) is 22.8. The van der Waals surface area contributed by atoms with E-state index in [9.17, 15) is 4.79 Å². The summed E-state index contributed by atoms with van der Waals surface area (Å²) in [7, 11) is 0. The number of nitrogens with zero attached hydrogens (tertiary/aromatic N) is 1. The summed E-state index contributed by atoms with van der Waals surface area (Å²) in [6, 6.07) is 0.346. The number of aliphatic hydroxyl groups excluding tert-OH is 1. The Morgan fingerprint density at radius 3 is 2.81 bits per heavy atom. The maximum absolute atomic E-state index is 12.2. The number of carbonyl (C=O) groups excluding carboxylic acids is 1. The first-order valence-electron chi connectivity index (χ1n) is 6.13. The third kappa shape index (κ3) is 3.45. The van der Waals surface area contributed by atoms with Gasteiger partial charge in [-0.25, -0.2) is 0 Å². The molecule has 0 radical (unpaired) electrons. The molecule has 0 aliphatic carbocycles. The first-order chi connectivity index (χ1) is 7.57. The number of halogens is 1. The van der Waals surface area contributed by atoms with Crippen molar-refractivity contribution in [3.63, 3.8) is 0 Å². The maximum Gasteiger partial charge on any atom is 0.236 e. The van der Waals surface area contributed by atoms with Crippen LogP contribution in [0.25, 0.3) is 0 Å². The second-order valence-electron chi connectivity index (χ2n) is 4.84. The number of carbonyl (C=O) groups is 1. The molecule has 94 valence electrons. The molecule has 0 aromatic heterocycles. The van der Waals surface area contributed by atoms with E-state index in [0.29, 0.717) is 12.0 Å². The fourth-order valence-electron chi connectivity index (χ4n) is 2.20. The van der Waals surface area contributed by atoms with E-state index in [1.807, 2.05) is 4.90 Å². The number of likely N-dealkylation sites (tertiary alicyclic amines) is 1. The molecule has 0 aromatic rings. The van der Waals surface area contributed by atoms with Gasteiger partial charge in [-0.15, -0.1) is 0 Å². The van der Waals surface area contributed by atoms with Crippen molar-refractivity contribution >= 4 is 21.8 Å². The van der Waals surface area contributed by atoms with Crippen molar-refractivity contribution in [3.05, 3.63) is 0 Å². The van der Waals surface area contributed by atoms with Gasteiger partial charge in [0.25, 0.3) is 0 Å². The Labute approximate surface area is 106 Å². The van der Waals surface area contributed by atoms with Crippen LogP contribution in [0.15, 0.2) is 0 Å². The molecule has 2 unspecified atom stereocenters. The number of hydrogen-bond donors (Lipinski definition) is 1. The van der Waals surface area contributed by atoms with E-state index in [2.05, 4.69) is 29.8 Å². The second-order valence-corrected chi connectivity index (χ2v) is 5.83. The highest BCUT2D eigenvalue weighted by molar-refractivity contribution is 9.10. The molecule has 16 heavy (non-hydrogen) atoms. The van der Waals surface area contributed by atoms with E-state index >= 15 is 0 Å².